The lowest BCUT2D eigenvalue weighted by Gasteiger charge is -2.43. The molecule has 1 aromatic carbocycles. The number of halogens is 1. The van der Waals surface area contributed by atoms with Crippen molar-refractivity contribution in [3.8, 4) is 0 Å². The van der Waals surface area contributed by atoms with E-state index in [2.05, 4.69) is 4.98 Å². The first-order chi connectivity index (χ1) is 14.4. The molecule has 1 heterocycles. The minimum Gasteiger partial charge on any atom is -0.424 e. The molecule has 1 amide bonds. The Morgan fingerprint density at radius 1 is 1.20 bits per heavy atom. The first-order valence-electron chi connectivity index (χ1n) is 9.44. The van der Waals surface area contributed by atoms with Crippen LogP contribution in [0.25, 0.3) is 0 Å². The van der Waals surface area contributed by atoms with Crippen molar-refractivity contribution in [1.82, 2.24) is 9.88 Å². The lowest BCUT2D eigenvalue weighted by Crippen LogP contribution is -2.54. The zero-order chi connectivity index (χ0) is 21.7. The Morgan fingerprint density at radius 3 is 2.67 bits per heavy atom. The number of ketones is 1. The third-order valence-electron chi connectivity index (χ3n) is 5.25. The Labute approximate surface area is 178 Å². The number of Topliss-reactive ketones (excluding diaryl/α,β-unsaturated/α-hetero) is 1. The van der Waals surface area contributed by atoms with Crippen LogP contribution in [0, 0.1) is 0 Å². The maximum atomic E-state index is 13.0. The normalized spacial score (nSPS) is 18.5. The summed E-state index contributed by atoms with van der Waals surface area (Å²) in [5.74, 6) is -0.872. The van der Waals surface area contributed by atoms with Crippen LogP contribution in [-0.2, 0) is 19.8 Å². The molecule has 0 bridgehead atoms. The molecule has 0 aliphatic heterocycles. The molecule has 158 valence electrons. The number of esters is 1. The lowest BCUT2D eigenvalue weighted by molar-refractivity contribution is -0.133. The average molecular weight is 432 g/mol. The molecule has 0 unspecified atom stereocenters. The number of pyridine rings is 1. The molecule has 2 N–H and O–H groups in total. The number of nitrogen functional groups attached to an aromatic ring is 1. The van der Waals surface area contributed by atoms with Crippen molar-refractivity contribution in [1.29, 1.82) is 0 Å². The topological polar surface area (TPSA) is 112 Å². The van der Waals surface area contributed by atoms with Crippen LogP contribution in [0.5, 0.6) is 0 Å². The van der Waals surface area contributed by atoms with Gasteiger partial charge in [0.25, 0.3) is 0 Å². The van der Waals surface area contributed by atoms with Crippen molar-refractivity contribution in [2.75, 3.05) is 19.6 Å². The molecular formula is C21H22ClN3O5. The van der Waals surface area contributed by atoms with Gasteiger partial charge in [-0.1, -0.05) is 29.8 Å². The van der Waals surface area contributed by atoms with Crippen LogP contribution in [0.15, 0.2) is 42.6 Å². The molecule has 8 nitrogen and oxygen atoms in total. The molecule has 0 spiro atoms. The van der Waals surface area contributed by atoms with Gasteiger partial charge in [0.1, 0.15) is 16.9 Å². The van der Waals surface area contributed by atoms with Crippen molar-refractivity contribution < 1.29 is 23.9 Å². The summed E-state index contributed by atoms with van der Waals surface area (Å²) >= 11 is 6.37. The highest BCUT2D eigenvalue weighted by Gasteiger charge is 2.48. The Bertz CT molecular complexity index is 967. The second-order valence-electron chi connectivity index (χ2n) is 6.93. The van der Waals surface area contributed by atoms with E-state index in [0.29, 0.717) is 23.4 Å². The fourth-order valence-corrected chi connectivity index (χ4v) is 3.98. The Hall–Kier alpha value is -3.13. The summed E-state index contributed by atoms with van der Waals surface area (Å²) in [6.45, 7) is -0.636. The summed E-state index contributed by atoms with van der Waals surface area (Å²) in [6.07, 6.45) is 2.89. The predicted molar refractivity (Wildman–Crippen MR) is 110 cm³/mol. The molecule has 1 aromatic heterocycles. The number of amides is 1. The maximum absolute atomic E-state index is 13.0. The molecule has 1 aliphatic rings. The van der Waals surface area contributed by atoms with Crippen LogP contribution in [0.3, 0.4) is 0 Å². The molecule has 30 heavy (non-hydrogen) atoms. The fourth-order valence-electron chi connectivity index (χ4n) is 3.68. The smallest absolute Gasteiger partial charge is 0.413 e. The summed E-state index contributed by atoms with van der Waals surface area (Å²) in [5.41, 5.74) is 5.02. The van der Waals surface area contributed by atoms with Crippen molar-refractivity contribution in [2.45, 2.75) is 31.2 Å². The zero-order valence-corrected chi connectivity index (χ0v) is 17.2. The standard InChI is InChI=1S/C21H22ClN3O5/c1-25(20(28)30-13-29-19(27)14-7-6-12-24-18(14)23)21(11-5-4-10-17(21)26)15-8-2-3-9-16(15)22/h2-3,6-9,12H,4-5,10-11,13H2,1H3,(H2,23,24)/t21-/m1/s1. The van der Waals surface area contributed by atoms with E-state index in [4.69, 9.17) is 26.8 Å². The van der Waals surface area contributed by atoms with Gasteiger partial charge >= 0.3 is 12.1 Å². The Balaban J connectivity index is 1.74. The van der Waals surface area contributed by atoms with Crippen LogP contribution in [0.1, 0.15) is 41.6 Å². The summed E-state index contributed by atoms with van der Waals surface area (Å²) < 4.78 is 10.1. The summed E-state index contributed by atoms with van der Waals surface area (Å²) in [6, 6.07) is 9.93. The number of hydrogen-bond donors (Lipinski definition) is 1. The van der Waals surface area contributed by atoms with Gasteiger partial charge in [-0.2, -0.15) is 0 Å². The molecule has 1 fully saturated rings. The van der Waals surface area contributed by atoms with E-state index >= 15 is 0 Å². The monoisotopic (exact) mass is 431 g/mol. The largest absolute Gasteiger partial charge is 0.424 e. The highest BCUT2D eigenvalue weighted by Crippen LogP contribution is 2.42. The third kappa shape index (κ3) is 4.09. The van der Waals surface area contributed by atoms with Gasteiger partial charge < -0.3 is 15.2 Å². The van der Waals surface area contributed by atoms with Crippen LogP contribution < -0.4 is 5.73 Å². The van der Waals surface area contributed by atoms with Crippen molar-refractivity contribution in [2.24, 2.45) is 0 Å². The van der Waals surface area contributed by atoms with E-state index < -0.39 is 24.4 Å². The number of likely N-dealkylation sites (N-methyl/N-ethyl adjacent to an activating group) is 1. The average Bonchev–Trinajstić information content (AvgIpc) is 2.74. The van der Waals surface area contributed by atoms with E-state index in [9.17, 15) is 14.4 Å². The highest BCUT2D eigenvalue weighted by molar-refractivity contribution is 6.31. The molecule has 1 atom stereocenters. The summed E-state index contributed by atoms with van der Waals surface area (Å²) in [4.78, 5) is 42.9. The molecule has 0 saturated heterocycles. The van der Waals surface area contributed by atoms with Crippen LogP contribution in [0.4, 0.5) is 10.6 Å². The SMILES string of the molecule is CN(C(=O)OCOC(=O)c1cccnc1N)[C@@]1(c2ccccc2Cl)CCCCC1=O. The predicted octanol–water partition coefficient (Wildman–Crippen LogP) is 3.54. The highest BCUT2D eigenvalue weighted by atomic mass is 35.5. The van der Waals surface area contributed by atoms with Gasteiger partial charge in [-0.25, -0.2) is 14.6 Å². The number of benzene rings is 1. The minimum absolute atomic E-state index is 0.0106. The number of anilines is 1. The minimum atomic E-state index is -1.23. The number of rotatable bonds is 5. The van der Waals surface area contributed by atoms with Crippen LogP contribution in [-0.4, -0.2) is 41.6 Å². The van der Waals surface area contributed by atoms with Gasteiger partial charge in [-0.15, -0.1) is 0 Å². The number of carbonyl (C=O) groups is 3. The number of nitrogens with zero attached hydrogens (tertiary/aromatic N) is 2. The molecule has 1 aliphatic carbocycles. The van der Waals surface area contributed by atoms with Gasteiger partial charge in [0.2, 0.25) is 6.79 Å². The number of ether oxygens (including phenoxy) is 2. The fraction of sp³-hybridized carbons (Fsp3) is 0.333. The number of aromatic nitrogens is 1. The molecule has 0 radical (unpaired) electrons. The summed E-state index contributed by atoms with van der Waals surface area (Å²) in [5, 5.41) is 0.394. The molecule has 3 rings (SSSR count). The van der Waals surface area contributed by atoms with E-state index in [1.54, 1.807) is 24.3 Å². The Morgan fingerprint density at radius 2 is 1.97 bits per heavy atom. The van der Waals surface area contributed by atoms with Gasteiger partial charge in [-0.05, 0) is 37.5 Å². The number of carbonyl (C=O) groups excluding carboxylic acids is 3. The van der Waals surface area contributed by atoms with Gasteiger partial charge in [-0.3, -0.25) is 9.69 Å². The van der Waals surface area contributed by atoms with E-state index in [0.717, 1.165) is 12.8 Å². The third-order valence-corrected chi connectivity index (χ3v) is 5.58. The van der Waals surface area contributed by atoms with Crippen LogP contribution in [0.2, 0.25) is 5.02 Å². The number of hydrogen-bond acceptors (Lipinski definition) is 7. The van der Waals surface area contributed by atoms with Crippen molar-refractivity contribution in [3.63, 3.8) is 0 Å². The maximum Gasteiger partial charge on any atom is 0.413 e. The first-order valence-corrected chi connectivity index (χ1v) is 9.82. The van der Waals surface area contributed by atoms with Gasteiger partial charge in [0, 0.05) is 30.3 Å². The van der Waals surface area contributed by atoms with E-state index in [-0.39, 0.29) is 17.2 Å². The van der Waals surface area contributed by atoms with E-state index in [1.807, 2.05) is 0 Å². The van der Waals surface area contributed by atoms with Gasteiger partial charge in [0.15, 0.2) is 5.78 Å². The molecule has 1 saturated carbocycles. The second-order valence-corrected chi connectivity index (χ2v) is 7.33. The lowest BCUT2D eigenvalue weighted by atomic mass is 9.74. The second kappa shape index (κ2) is 9.13. The molecular weight excluding hydrogens is 410 g/mol. The van der Waals surface area contributed by atoms with Crippen molar-refractivity contribution in [3.05, 3.63) is 58.7 Å². The first kappa shape index (κ1) is 21.6. The van der Waals surface area contributed by atoms with Gasteiger partial charge in [0.05, 0.1) is 0 Å². The summed E-state index contributed by atoms with van der Waals surface area (Å²) in [7, 11) is 1.48. The zero-order valence-electron chi connectivity index (χ0n) is 16.5. The van der Waals surface area contributed by atoms with Crippen molar-refractivity contribution >= 4 is 35.3 Å². The molecule has 2 aromatic rings. The number of nitrogens with two attached hydrogens (primary N) is 1. The Kier molecular flexibility index (Phi) is 6.56. The van der Waals surface area contributed by atoms with E-state index in [1.165, 1.54) is 30.3 Å². The van der Waals surface area contributed by atoms with Crippen LogP contribution >= 0.6 is 11.6 Å². The molecule has 9 heteroatoms. The quantitative estimate of drug-likeness (QED) is 0.569.